The van der Waals surface area contributed by atoms with Crippen molar-refractivity contribution in [1.29, 1.82) is 0 Å². The summed E-state index contributed by atoms with van der Waals surface area (Å²) in [5.41, 5.74) is 2.26. The van der Waals surface area contributed by atoms with Gasteiger partial charge < -0.3 is 10.2 Å². The topological polar surface area (TPSA) is 45.2 Å². The van der Waals surface area contributed by atoms with Gasteiger partial charge in [0.2, 0.25) is 0 Å². The van der Waals surface area contributed by atoms with E-state index in [4.69, 9.17) is 0 Å². The number of carbonyl (C=O) groups excluding carboxylic acids is 1. The second kappa shape index (κ2) is 6.92. The Morgan fingerprint density at radius 1 is 1.03 bits per heavy atom. The van der Waals surface area contributed by atoms with Gasteiger partial charge in [-0.1, -0.05) is 18.2 Å². The zero-order chi connectivity index (χ0) is 20.8. The van der Waals surface area contributed by atoms with E-state index in [9.17, 15) is 18.0 Å². The molecule has 2 heterocycles. The zero-order valence-corrected chi connectivity index (χ0v) is 15.8. The fourth-order valence-electron chi connectivity index (χ4n) is 3.40. The molecule has 3 aromatic rings. The van der Waals surface area contributed by atoms with Crippen LogP contribution in [0.25, 0.3) is 11.1 Å². The van der Waals surface area contributed by atoms with Gasteiger partial charge in [-0.15, -0.1) is 0 Å². The molecule has 1 amide bonds. The standard InChI is InChI=1S/C22H18F3N3O/c1-13(14-3-7-17(23)8-4-14)27-20-10-6-16(12-26-20)15-5-9-18-19(11-15)28(2)21(29)22(18,24)25/h3-13H,1-2H3,(H,26,27)/t13-/m1/s1. The van der Waals surface area contributed by atoms with Crippen LogP contribution in [0.4, 0.5) is 24.7 Å². The minimum atomic E-state index is -3.49. The molecular formula is C22H18F3N3O. The first kappa shape index (κ1) is 19.0. The lowest BCUT2D eigenvalue weighted by Gasteiger charge is -2.15. The molecule has 1 N–H and O–H groups in total. The number of hydrogen-bond acceptors (Lipinski definition) is 3. The molecule has 0 fully saturated rings. The Labute approximate surface area is 166 Å². The first-order valence-electron chi connectivity index (χ1n) is 9.06. The Hall–Kier alpha value is -3.35. The van der Waals surface area contributed by atoms with Crippen LogP contribution in [0.1, 0.15) is 24.1 Å². The van der Waals surface area contributed by atoms with Crippen LogP contribution in [0, 0.1) is 5.82 Å². The van der Waals surface area contributed by atoms with E-state index in [-0.39, 0.29) is 23.1 Å². The Bertz CT molecular complexity index is 1070. The van der Waals surface area contributed by atoms with Gasteiger partial charge in [-0.2, -0.15) is 8.78 Å². The predicted octanol–water partition coefficient (Wildman–Crippen LogP) is 5.13. The summed E-state index contributed by atoms with van der Waals surface area (Å²) in [7, 11) is 1.34. The first-order valence-corrected chi connectivity index (χ1v) is 9.06. The van der Waals surface area contributed by atoms with Crippen LogP contribution in [0.5, 0.6) is 0 Å². The number of rotatable bonds is 4. The highest BCUT2D eigenvalue weighted by molar-refractivity contribution is 6.06. The third kappa shape index (κ3) is 3.33. The van der Waals surface area contributed by atoms with Crippen molar-refractivity contribution in [3.8, 4) is 11.1 Å². The van der Waals surface area contributed by atoms with E-state index in [1.807, 2.05) is 13.0 Å². The van der Waals surface area contributed by atoms with Crippen LogP contribution >= 0.6 is 0 Å². The largest absolute Gasteiger partial charge is 0.364 e. The van der Waals surface area contributed by atoms with Crippen molar-refractivity contribution in [3.63, 3.8) is 0 Å². The number of likely N-dealkylation sites (N-methyl/N-ethyl adjacent to an activating group) is 1. The van der Waals surface area contributed by atoms with Crippen molar-refractivity contribution in [1.82, 2.24) is 4.98 Å². The summed E-state index contributed by atoms with van der Waals surface area (Å²) in [6, 6.07) is 14.2. The number of anilines is 2. The minimum Gasteiger partial charge on any atom is -0.364 e. The van der Waals surface area contributed by atoms with Crippen LogP contribution in [-0.2, 0) is 10.7 Å². The lowest BCUT2D eigenvalue weighted by molar-refractivity contribution is -0.141. The van der Waals surface area contributed by atoms with Gasteiger partial charge >= 0.3 is 11.8 Å². The van der Waals surface area contributed by atoms with Gasteiger partial charge in [-0.25, -0.2) is 9.37 Å². The Morgan fingerprint density at radius 2 is 1.72 bits per heavy atom. The Kier molecular flexibility index (Phi) is 4.53. The molecule has 29 heavy (non-hydrogen) atoms. The van der Waals surface area contributed by atoms with Crippen molar-refractivity contribution >= 4 is 17.4 Å². The predicted molar refractivity (Wildman–Crippen MR) is 105 cm³/mol. The molecule has 0 spiro atoms. The highest BCUT2D eigenvalue weighted by Crippen LogP contribution is 2.44. The normalized spacial score (nSPS) is 15.9. The monoisotopic (exact) mass is 397 g/mol. The SMILES string of the molecule is C[C@@H](Nc1ccc(-c2ccc3c(c2)N(C)C(=O)C3(F)F)cn1)c1ccc(F)cc1. The molecule has 1 aliphatic rings. The summed E-state index contributed by atoms with van der Waals surface area (Å²) < 4.78 is 41.1. The summed E-state index contributed by atoms with van der Waals surface area (Å²) in [6.07, 6.45) is 1.64. The molecule has 1 atom stereocenters. The van der Waals surface area contributed by atoms with Crippen LogP contribution in [0.2, 0.25) is 0 Å². The van der Waals surface area contributed by atoms with E-state index in [1.165, 1.54) is 25.2 Å². The minimum absolute atomic E-state index is 0.0733. The van der Waals surface area contributed by atoms with Crippen molar-refractivity contribution < 1.29 is 18.0 Å². The van der Waals surface area contributed by atoms with E-state index in [0.29, 0.717) is 11.4 Å². The van der Waals surface area contributed by atoms with Crippen molar-refractivity contribution in [2.24, 2.45) is 0 Å². The molecule has 1 aromatic heterocycles. The number of fused-ring (bicyclic) bond motifs is 1. The van der Waals surface area contributed by atoms with Crippen molar-refractivity contribution in [2.75, 3.05) is 17.3 Å². The number of pyridine rings is 1. The highest BCUT2D eigenvalue weighted by atomic mass is 19.3. The molecular weight excluding hydrogens is 379 g/mol. The molecule has 2 aromatic carbocycles. The molecule has 0 aliphatic carbocycles. The van der Waals surface area contributed by atoms with E-state index in [0.717, 1.165) is 16.0 Å². The Morgan fingerprint density at radius 3 is 2.38 bits per heavy atom. The zero-order valence-electron chi connectivity index (χ0n) is 15.8. The number of nitrogens with one attached hydrogen (secondary N) is 1. The van der Waals surface area contributed by atoms with Crippen LogP contribution in [0.3, 0.4) is 0 Å². The van der Waals surface area contributed by atoms with E-state index >= 15 is 0 Å². The number of amides is 1. The fraction of sp³-hybridized carbons (Fsp3) is 0.182. The number of halogens is 3. The average Bonchev–Trinajstić information content (AvgIpc) is 2.89. The lowest BCUT2D eigenvalue weighted by atomic mass is 10.0. The number of benzene rings is 2. The summed E-state index contributed by atoms with van der Waals surface area (Å²) in [4.78, 5) is 17.1. The summed E-state index contributed by atoms with van der Waals surface area (Å²) in [6.45, 7) is 1.94. The van der Waals surface area contributed by atoms with Gasteiger partial charge in [0.1, 0.15) is 11.6 Å². The molecule has 148 valence electrons. The molecule has 0 saturated carbocycles. The van der Waals surface area contributed by atoms with Gasteiger partial charge in [-0.3, -0.25) is 4.79 Å². The van der Waals surface area contributed by atoms with E-state index in [1.54, 1.807) is 36.5 Å². The number of nitrogens with zero attached hydrogens (tertiary/aromatic N) is 2. The number of hydrogen-bond donors (Lipinski definition) is 1. The van der Waals surface area contributed by atoms with Gasteiger partial charge in [0.25, 0.3) is 0 Å². The molecule has 7 heteroatoms. The second-order valence-corrected chi connectivity index (χ2v) is 7.02. The molecule has 4 rings (SSSR count). The summed E-state index contributed by atoms with van der Waals surface area (Å²) >= 11 is 0. The molecule has 4 nitrogen and oxygen atoms in total. The first-order chi connectivity index (χ1) is 13.8. The van der Waals surface area contributed by atoms with Crippen LogP contribution in [-0.4, -0.2) is 17.9 Å². The molecule has 0 saturated heterocycles. The van der Waals surface area contributed by atoms with E-state index < -0.39 is 11.8 Å². The van der Waals surface area contributed by atoms with Gasteiger partial charge in [0.05, 0.1) is 11.3 Å². The number of carbonyl (C=O) groups is 1. The van der Waals surface area contributed by atoms with Crippen molar-refractivity contribution in [2.45, 2.75) is 18.9 Å². The lowest BCUT2D eigenvalue weighted by Crippen LogP contribution is -2.31. The smallest absolute Gasteiger partial charge is 0.352 e. The average molecular weight is 397 g/mol. The van der Waals surface area contributed by atoms with Crippen molar-refractivity contribution in [3.05, 3.63) is 77.7 Å². The van der Waals surface area contributed by atoms with E-state index in [2.05, 4.69) is 10.3 Å². The molecule has 0 bridgehead atoms. The third-order valence-electron chi connectivity index (χ3n) is 5.10. The molecule has 0 radical (unpaired) electrons. The van der Waals surface area contributed by atoms with Gasteiger partial charge in [0.15, 0.2) is 0 Å². The maximum Gasteiger partial charge on any atom is 0.352 e. The van der Waals surface area contributed by atoms with Crippen LogP contribution in [0.15, 0.2) is 60.8 Å². The molecule has 0 unspecified atom stereocenters. The quantitative estimate of drug-likeness (QED) is 0.664. The highest BCUT2D eigenvalue weighted by Gasteiger charge is 2.51. The maximum absolute atomic E-state index is 14.0. The number of aromatic nitrogens is 1. The maximum atomic E-state index is 14.0. The van der Waals surface area contributed by atoms with Gasteiger partial charge in [0, 0.05) is 24.8 Å². The molecule has 1 aliphatic heterocycles. The fourth-order valence-corrected chi connectivity index (χ4v) is 3.40. The van der Waals surface area contributed by atoms with Crippen LogP contribution < -0.4 is 10.2 Å². The third-order valence-corrected chi connectivity index (χ3v) is 5.10. The summed E-state index contributed by atoms with van der Waals surface area (Å²) in [5, 5.41) is 3.24. The van der Waals surface area contributed by atoms with Gasteiger partial charge in [-0.05, 0) is 54.4 Å². The number of alkyl halides is 2. The summed E-state index contributed by atoms with van der Waals surface area (Å²) in [5.74, 6) is -4.38. The Balaban J connectivity index is 1.54. The second-order valence-electron chi connectivity index (χ2n) is 7.02.